The first-order valence-electron chi connectivity index (χ1n) is 5.97. The largest absolute Gasteiger partial charge is 0.288 e. The number of hydrogen-bond acceptors (Lipinski definition) is 1. The van der Waals surface area contributed by atoms with E-state index in [4.69, 9.17) is 0 Å². The molecule has 0 aliphatic carbocycles. The van der Waals surface area contributed by atoms with Crippen molar-refractivity contribution in [1.29, 1.82) is 0 Å². The van der Waals surface area contributed by atoms with Crippen molar-refractivity contribution >= 4 is 5.78 Å². The summed E-state index contributed by atoms with van der Waals surface area (Å²) in [7, 11) is 0. The second kappa shape index (κ2) is 4.92. The summed E-state index contributed by atoms with van der Waals surface area (Å²) in [6, 6.07) is 7.35. The highest BCUT2D eigenvalue weighted by atomic mass is 19.1. The van der Waals surface area contributed by atoms with Crippen LogP contribution in [0.4, 0.5) is 8.78 Å². The smallest absolute Gasteiger partial charge is 0.195 e. The van der Waals surface area contributed by atoms with Crippen LogP contribution in [0.2, 0.25) is 0 Å². The van der Waals surface area contributed by atoms with Crippen LogP contribution >= 0.6 is 0 Å². The molecule has 1 nitrogen and oxygen atoms in total. The van der Waals surface area contributed by atoms with Gasteiger partial charge in [-0.05, 0) is 44.5 Å². The third-order valence-electron chi connectivity index (χ3n) is 2.98. The van der Waals surface area contributed by atoms with E-state index in [1.54, 1.807) is 12.1 Å². The minimum absolute atomic E-state index is 0.0936. The number of carbonyl (C=O) groups is 1. The van der Waals surface area contributed by atoms with Gasteiger partial charge < -0.3 is 0 Å². The van der Waals surface area contributed by atoms with E-state index >= 15 is 0 Å². The Morgan fingerprint density at radius 2 is 1.42 bits per heavy atom. The molecular formula is C16H14F2O. The van der Waals surface area contributed by atoms with Gasteiger partial charge in [-0.2, -0.15) is 0 Å². The van der Waals surface area contributed by atoms with Crippen molar-refractivity contribution < 1.29 is 13.6 Å². The summed E-state index contributed by atoms with van der Waals surface area (Å²) in [6.45, 7) is 5.25. The molecule has 0 spiro atoms. The fourth-order valence-corrected chi connectivity index (χ4v) is 2.09. The molecule has 0 aliphatic rings. The molecule has 2 aromatic carbocycles. The summed E-state index contributed by atoms with van der Waals surface area (Å²) in [5, 5.41) is 0. The zero-order valence-corrected chi connectivity index (χ0v) is 11.1. The molecular weight excluding hydrogens is 246 g/mol. The zero-order valence-electron chi connectivity index (χ0n) is 11.1. The lowest BCUT2D eigenvalue weighted by molar-refractivity contribution is 0.103. The van der Waals surface area contributed by atoms with E-state index in [9.17, 15) is 13.6 Å². The van der Waals surface area contributed by atoms with Crippen molar-refractivity contribution in [1.82, 2.24) is 0 Å². The minimum atomic E-state index is -0.827. The van der Waals surface area contributed by atoms with E-state index in [1.807, 2.05) is 19.9 Å². The van der Waals surface area contributed by atoms with Crippen LogP contribution in [-0.2, 0) is 0 Å². The van der Waals surface area contributed by atoms with Gasteiger partial charge in [-0.15, -0.1) is 0 Å². The first kappa shape index (κ1) is 13.4. The second-order valence-corrected chi connectivity index (χ2v) is 4.79. The molecule has 0 atom stereocenters. The summed E-state index contributed by atoms with van der Waals surface area (Å²) in [4.78, 5) is 12.3. The van der Waals surface area contributed by atoms with Crippen LogP contribution in [0.3, 0.4) is 0 Å². The van der Waals surface area contributed by atoms with Gasteiger partial charge in [0.2, 0.25) is 0 Å². The lowest BCUT2D eigenvalue weighted by Gasteiger charge is -2.07. The normalized spacial score (nSPS) is 10.6. The van der Waals surface area contributed by atoms with Gasteiger partial charge in [0.1, 0.15) is 11.6 Å². The second-order valence-electron chi connectivity index (χ2n) is 4.79. The van der Waals surface area contributed by atoms with Gasteiger partial charge in [0, 0.05) is 11.6 Å². The average molecular weight is 260 g/mol. The fraction of sp³-hybridized carbons (Fsp3) is 0.188. The van der Waals surface area contributed by atoms with Gasteiger partial charge >= 0.3 is 0 Å². The number of carbonyl (C=O) groups excluding carboxylic acids is 1. The molecule has 0 saturated heterocycles. The number of rotatable bonds is 2. The number of benzene rings is 2. The van der Waals surface area contributed by atoms with E-state index in [0.29, 0.717) is 5.56 Å². The first-order valence-corrected chi connectivity index (χ1v) is 5.97. The van der Waals surface area contributed by atoms with Gasteiger partial charge in [-0.25, -0.2) is 8.78 Å². The number of halogens is 2. The molecule has 0 amide bonds. The van der Waals surface area contributed by atoms with E-state index in [1.165, 1.54) is 13.0 Å². The standard InChI is InChI=1S/C16H14F2O/c1-9-4-10(2)6-12(5-9)16(19)13-7-11(3)14(17)8-15(13)18/h4-8H,1-3H3. The Labute approximate surface area is 110 Å². The van der Waals surface area contributed by atoms with Crippen LogP contribution < -0.4 is 0 Å². The molecule has 19 heavy (non-hydrogen) atoms. The van der Waals surface area contributed by atoms with E-state index in [0.717, 1.165) is 17.2 Å². The topological polar surface area (TPSA) is 17.1 Å². The zero-order chi connectivity index (χ0) is 14.2. The highest BCUT2D eigenvalue weighted by Crippen LogP contribution is 2.19. The molecule has 0 aromatic heterocycles. The van der Waals surface area contributed by atoms with Crippen LogP contribution in [-0.4, -0.2) is 5.78 Å². The van der Waals surface area contributed by atoms with Gasteiger partial charge in [0.25, 0.3) is 0 Å². The Bertz CT molecular complexity index is 640. The van der Waals surface area contributed by atoms with Crippen LogP contribution in [0.5, 0.6) is 0 Å². The van der Waals surface area contributed by atoms with Crippen molar-refractivity contribution in [3.8, 4) is 0 Å². The van der Waals surface area contributed by atoms with Crippen LogP contribution in [0.25, 0.3) is 0 Å². The van der Waals surface area contributed by atoms with Crippen LogP contribution in [0.1, 0.15) is 32.6 Å². The number of ketones is 1. The van der Waals surface area contributed by atoms with Crippen molar-refractivity contribution in [2.75, 3.05) is 0 Å². The van der Waals surface area contributed by atoms with Crippen LogP contribution in [0, 0.1) is 32.4 Å². The average Bonchev–Trinajstić information content (AvgIpc) is 2.31. The molecule has 0 heterocycles. The maximum atomic E-state index is 13.7. The summed E-state index contributed by atoms with van der Waals surface area (Å²) < 4.78 is 26.9. The Hall–Kier alpha value is -2.03. The SMILES string of the molecule is Cc1cc(C)cc(C(=O)c2cc(C)c(F)cc2F)c1. The monoisotopic (exact) mass is 260 g/mol. The highest BCUT2D eigenvalue weighted by molar-refractivity contribution is 6.09. The number of aryl methyl sites for hydroxylation is 3. The van der Waals surface area contributed by atoms with Crippen molar-refractivity contribution in [2.45, 2.75) is 20.8 Å². The summed E-state index contributed by atoms with van der Waals surface area (Å²) >= 11 is 0. The minimum Gasteiger partial charge on any atom is -0.288 e. The summed E-state index contributed by atoms with van der Waals surface area (Å²) in [5.41, 5.74) is 2.45. The third kappa shape index (κ3) is 2.70. The van der Waals surface area contributed by atoms with Gasteiger partial charge in [0.15, 0.2) is 5.78 Å². The van der Waals surface area contributed by atoms with Crippen molar-refractivity contribution in [2.24, 2.45) is 0 Å². The quantitative estimate of drug-likeness (QED) is 0.742. The predicted octanol–water partition coefficient (Wildman–Crippen LogP) is 4.12. The Morgan fingerprint density at radius 1 is 0.842 bits per heavy atom. The molecule has 0 fully saturated rings. The molecule has 0 aliphatic heterocycles. The first-order chi connectivity index (χ1) is 8.88. The summed E-state index contributed by atoms with van der Waals surface area (Å²) in [6.07, 6.45) is 0. The molecule has 0 saturated carbocycles. The molecule has 0 radical (unpaired) electrons. The third-order valence-corrected chi connectivity index (χ3v) is 2.98. The van der Waals surface area contributed by atoms with Gasteiger partial charge in [-0.3, -0.25) is 4.79 Å². The highest BCUT2D eigenvalue weighted by Gasteiger charge is 2.16. The maximum absolute atomic E-state index is 13.7. The lowest BCUT2D eigenvalue weighted by Crippen LogP contribution is -2.06. The molecule has 0 bridgehead atoms. The van der Waals surface area contributed by atoms with Gasteiger partial charge in [-0.1, -0.05) is 17.2 Å². The molecule has 2 aromatic rings. The Kier molecular flexibility index (Phi) is 3.47. The molecule has 98 valence electrons. The molecule has 3 heteroatoms. The van der Waals surface area contributed by atoms with E-state index < -0.39 is 17.4 Å². The Balaban J connectivity index is 2.53. The van der Waals surface area contributed by atoms with E-state index in [2.05, 4.69) is 0 Å². The Morgan fingerprint density at radius 3 is 2.00 bits per heavy atom. The van der Waals surface area contributed by atoms with Gasteiger partial charge in [0.05, 0.1) is 5.56 Å². The van der Waals surface area contributed by atoms with Crippen molar-refractivity contribution in [3.63, 3.8) is 0 Å². The molecule has 2 rings (SSSR count). The maximum Gasteiger partial charge on any atom is 0.195 e. The fourth-order valence-electron chi connectivity index (χ4n) is 2.09. The molecule has 0 N–H and O–H groups in total. The van der Waals surface area contributed by atoms with E-state index in [-0.39, 0.29) is 11.1 Å². The lowest BCUT2D eigenvalue weighted by atomic mass is 9.98. The number of hydrogen-bond donors (Lipinski definition) is 0. The summed E-state index contributed by atoms with van der Waals surface area (Å²) in [5.74, 6) is -1.89. The van der Waals surface area contributed by atoms with Crippen molar-refractivity contribution in [3.05, 3.63) is 69.8 Å². The van der Waals surface area contributed by atoms with Crippen LogP contribution in [0.15, 0.2) is 30.3 Å². The molecule has 0 unspecified atom stereocenters. The predicted molar refractivity (Wildman–Crippen MR) is 70.4 cm³/mol.